The molecule has 2 aromatic rings. The molecule has 0 aliphatic carbocycles. The van der Waals surface area contributed by atoms with Gasteiger partial charge in [0.2, 0.25) is 11.8 Å². The maximum absolute atomic E-state index is 14.1. The van der Waals surface area contributed by atoms with Crippen molar-refractivity contribution in [1.82, 2.24) is 5.32 Å². The number of anilines is 1. The zero-order valence-corrected chi connectivity index (χ0v) is 15.1. The highest BCUT2D eigenvalue weighted by Crippen LogP contribution is 2.28. The number of nitrogens with zero attached hydrogens (tertiary/aromatic N) is 1. The van der Waals surface area contributed by atoms with Crippen LogP contribution >= 0.6 is 0 Å². The van der Waals surface area contributed by atoms with Gasteiger partial charge in [0.15, 0.2) is 0 Å². The molecule has 1 aliphatic rings. The first kappa shape index (κ1) is 18.1. The van der Waals surface area contributed by atoms with E-state index in [0.29, 0.717) is 6.54 Å². The summed E-state index contributed by atoms with van der Waals surface area (Å²) >= 11 is 0. The number of aryl methyl sites for hydroxylation is 2. The number of nitrogens with one attached hydrogen (secondary N) is 1. The van der Waals surface area contributed by atoms with Gasteiger partial charge in [-0.2, -0.15) is 0 Å². The topological polar surface area (TPSA) is 49.4 Å². The quantitative estimate of drug-likeness (QED) is 0.897. The predicted molar refractivity (Wildman–Crippen MR) is 99.5 cm³/mol. The van der Waals surface area contributed by atoms with Gasteiger partial charge in [0, 0.05) is 19.5 Å². The van der Waals surface area contributed by atoms with E-state index in [0.717, 1.165) is 17.5 Å². The molecule has 1 N–H and O–H groups in total. The summed E-state index contributed by atoms with van der Waals surface area (Å²) in [6.07, 6.45) is 0.855. The molecule has 2 aromatic carbocycles. The van der Waals surface area contributed by atoms with Crippen LogP contribution in [0.3, 0.4) is 0 Å². The molecule has 1 aliphatic heterocycles. The van der Waals surface area contributed by atoms with Crippen molar-refractivity contribution in [2.45, 2.75) is 26.7 Å². The van der Waals surface area contributed by atoms with E-state index in [-0.39, 0.29) is 30.5 Å². The number of carbonyl (C=O) groups excluding carboxylic acids is 2. The highest BCUT2D eigenvalue weighted by Gasteiger charge is 2.36. The van der Waals surface area contributed by atoms with Crippen LogP contribution in [0.4, 0.5) is 10.1 Å². The van der Waals surface area contributed by atoms with Crippen molar-refractivity contribution in [3.05, 3.63) is 65.0 Å². The molecule has 2 amide bonds. The molecule has 1 saturated heterocycles. The molecule has 0 spiro atoms. The number of hydrogen-bond donors (Lipinski definition) is 1. The van der Waals surface area contributed by atoms with E-state index in [1.54, 1.807) is 19.1 Å². The zero-order valence-electron chi connectivity index (χ0n) is 15.1. The normalized spacial score (nSPS) is 16.8. The summed E-state index contributed by atoms with van der Waals surface area (Å²) in [7, 11) is 0. The van der Waals surface area contributed by atoms with Crippen LogP contribution in [0, 0.1) is 25.6 Å². The van der Waals surface area contributed by atoms with Crippen LogP contribution in [-0.4, -0.2) is 24.9 Å². The van der Waals surface area contributed by atoms with Crippen LogP contribution in [0.25, 0.3) is 0 Å². The Morgan fingerprint density at radius 3 is 2.69 bits per heavy atom. The molecular weight excluding hydrogens is 331 g/mol. The van der Waals surface area contributed by atoms with Gasteiger partial charge in [-0.3, -0.25) is 9.59 Å². The van der Waals surface area contributed by atoms with Crippen LogP contribution in [0.15, 0.2) is 42.5 Å². The number of carbonyl (C=O) groups is 2. The van der Waals surface area contributed by atoms with E-state index in [1.807, 2.05) is 25.1 Å². The van der Waals surface area contributed by atoms with Crippen molar-refractivity contribution in [2.75, 3.05) is 18.0 Å². The molecular formula is C21H23FN2O2. The largest absolute Gasteiger partial charge is 0.355 e. The van der Waals surface area contributed by atoms with E-state index in [2.05, 4.69) is 11.4 Å². The molecule has 136 valence electrons. The summed E-state index contributed by atoms with van der Waals surface area (Å²) in [5, 5.41) is 2.90. The lowest BCUT2D eigenvalue weighted by atomic mass is 10.1. The van der Waals surface area contributed by atoms with E-state index in [9.17, 15) is 14.0 Å². The SMILES string of the molecule is Cc1cccc(CCNC(=O)C2CC(=O)N(c3ccc(C)cc3F)C2)c1. The van der Waals surface area contributed by atoms with Gasteiger partial charge in [0.1, 0.15) is 5.82 Å². The lowest BCUT2D eigenvalue weighted by Crippen LogP contribution is -2.34. The fourth-order valence-corrected chi connectivity index (χ4v) is 3.29. The summed E-state index contributed by atoms with van der Waals surface area (Å²) in [6.45, 7) is 4.56. The molecule has 26 heavy (non-hydrogen) atoms. The minimum absolute atomic E-state index is 0.115. The van der Waals surface area contributed by atoms with E-state index < -0.39 is 11.7 Å². The van der Waals surface area contributed by atoms with E-state index >= 15 is 0 Å². The summed E-state index contributed by atoms with van der Waals surface area (Å²) in [5.41, 5.74) is 3.39. The van der Waals surface area contributed by atoms with Gasteiger partial charge < -0.3 is 10.2 Å². The van der Waals surface area contributed by atoms with Crippen molar-refractivity contribution >= 4 is 17.5 Å². The third-order valence-electron chi connectivity index (χ3n) is 4.69. The summed E-state index contributed by atoms with van der Waals surface area (Å²) in [6, 6.07) is 12.9. The monoisotopic (exact) mass is 354 g/mol. The number of rotatable bonds is 5. The Morgan fingerprint density at radius 1 is 1.19 bits per heavy atom. The van der Waals surface area contributed by atoms with Gasteiger partial charge >= 0.3 is 0 Å². The Morgan fingerprint density at radius 2 is 1.96 bits per heavy atom. The van der Waals surface area contributed by atoms with Gasteiger partial charge in [-0.05, 0) is 43.5 Å². The van der Waals surface area contributed by atoms with Gasteiger partial charge in [-0.15, -0.1) is 0 Å². The maximum atomic E-state index is 14.1. The van der Waals surface area contributed by atoms with Crippen LogP contribution < -0.4 is 10.2 Å². The first-order valence-corrected chi connectivity index (χ1v) is 8.84. The van der Waals surface area contributed by atoms with Crippen molar-refractivity contribution in [1.29, 1.82) is 0 Å². The molecule has 1 unspecified atom stereocenters. The van der Waals surface area contributed by atoms with Crippen LogP contribution in [0.5, 0.6) is 0 Å². The highest BCUT2D eigenvalue weighted by molar-refractivity contribution is 6.00. The standard InChI is InChI=1S/C21H23FN2O2/c1-14-4-3-5-16(10-14)8-9-23-21(26)17-12-20(25)24(13-17)19-7-6-15(2)11-18(19)22/h3-7,10-11,17H,8-9,12-13H2,1-2H3,(H,23,26). The number of benzene rings is 2. The molecule has 0 aromatic heterocycles. The third-order valence-corrected chi connectivity index (χ3v) is 4.69. The Kier molecular flexibility index (Phi) is 5.35. The van der Waals surface area contributed by atoms with Crippen molar-refractivity contribution in [3.63, 3.8) is 0 Å². The lowest BCUT2D eigenvalue weighted by Gasteiger charge is -2.17. The average molecular weight is 354 g/mol. The van der Waals surface area contributed by atoms with Crippen LogP contribution in [-0.2, 0) is 16.0 Å². The summed E-state index contributed by atoms with van der Waals surface area (Å²) in [4.78, 5) is 26.0. The molecule has 0 saturated carbocycles. The Labute approximate surface area is 153 Å². The van der Waals surface area contributed by atoms with E-state index in [1.165, 1.54) is 16.5 Å². The maximum Gasteiger partial charge on any atom is 0.227 e. The molecule has 4 nitrogen and oxygen atoms in total. The van der Waals surface area contributed by atoms with E-state index in [4.69, 9.17) is 0 Å². The fraction of sp³-hybridized carbons (Fsp3) is 0.333. The molecule has 3 rings (SSSR count). The minimum atomic E-state index is -0.444. The predicted octanol–water partition coefficient (Wildman–Crippen LogP) is 3.15. The Bertz CT molecular complexity index is 835. The van der Waals surface area contributed by atoms with Crippen molar-refractivity contribution in [2.24, 2.45) is 5.92 Å². The average Bonchev–Trinajstić information content (AvgIpc) is 2.97. The second kappa shape index (κ2) is 7.68. The van der Waals surface area contributed by atoms with Crippen molar-refractivity contribution < 1.29 is 14.0 Å². The molecule has 0 radical (unpaired) electrons. The second-order valence-electron chi connectivity index (χ2n) is 6.89. The summed E-state index contributed by atoms with van der Waals surface area (Å²) in [5.74, 6) is -1.24. The third kappa shape index (κ3) is 4.10. The number of amides is 2. The Hall–Kier alpha value is -2.69. The van der Waals surface area contributed by atoms with Gasteiger partial charge in [0.05, 0.1) is 11.6 Å². The minimum Gasteiger partial charge on any atom is -0.355 e. The molecule has 1 heterocycles. The Balaban J connectivity index is 1.57. The highest BCUT2D eigenvalue weighted by atomic mass is 19.1. The van der Waals surface area contributed by atoms with Gasteiger partial charge in [-0.25, -0.2) is 4.39 Å². The van der Waals surface area contributed by atoms with Gasteiger partial charge in [0.25, 0.3) is 0 Å². The molecule has 0 bridgehead atoms. The smallest absolute Gasteiger partial charge is 0.227 e. The number of hydrogen-bond acceptors (Lipinski definition) is 2. The first-order valence-electron chi connectivity index (χ1n) is 8.84. The van der Waals surface area contributed by atoms with Crippen LogP contribution in [0.2, 0.25) is 0 Å². The first-order chi connectivity index (χ1) is 12.4. The molecule has 1 atom stereocenters. The molecule has 5 heteroatoms. The van der Waals surface area contributed by atoms with Gasteiger partial charge in [-0.1, -0.05) is 35.9 Å². The lowest BCUT2D eigenvalue weighted by molar-refractivity contribution is -0.126. The zero-order chi connectivity index (χ0) is 18.7. The van der Waals surface area contributed by atoms with Crippen molar-refractivity contribution in [3.8, 4) is 0 Å². The summed E-state index contributed by atoms with van der Waals surface area (Å²) < 4.78 is 14.1. The number of halogens is 1. The molecule has 1 fully saturated rings. The van der Waals surface area contributed by atoms with Crippen LogP contribution in [0.1, 0.15) is 23.1 Å². The second-order valence-corrected chi connectivity index (χ2v) is 6.89. The fourth-order valence-electron chi connectivity index (χ4n) is 3.29.